The van der Waals surface area contributed by atoms with Crippen molar-refractivity contribution in [1.29, 1.82) is 0 Å². The van der Waals surface area contributed by atoms with E-state index in [9.17, 15) is 9.59 Å². The fourth-order valence-corrected chi connectivity index (χ4v) is 3.88. The van der Waals surface area contributed by atoms with E-state index in [2.05, 4.69) is 19.9 Å². The van der Waals surface area contributed by atoms with E-state index in [0.29, 0.717) is 43.3 Å². The van der Waals surface area contributed by atoms with Crippen molar-refractivity contribution in [2.45, 2.75) is 25.7 Å². The number of carbonyl (C=O) groups is 2. The van der Waals surface area contributed by atoms with Gasteiger partial charge in [-0.25, -0.2) is 9.97 Å². The van der Waals surface area contributed by atoms with E-state index in [1.807, 2.05) is 4.90 Å². The number of rotatable bonds is 3. The summed E-state index contributed by atoms with van der Waals surface area (Å²) in [6, 6.07) is 3.48. The highest BCUT2D eigenvalue weighted by molar-refractivity contribution is 5.99. The Labute approximate surface area is 170 Å². The molecule has 0 atom stereocenters. The monoisotopic (exact) mass is 394 g/mol. The lowest BCUT2D eigenvalue weighted by Gasteiger charge is -2.34. The van der Waals surface area contributed by atoms with Crippen molar-refractivity contribution < 1.29 is 9.59 Å². The predicted molar refractivity (Wildman–Crippen MR) is 109 cm³/mol. The molecule has 0 saturated carbocycles. The lowest BCUT2D eigenvalue weighted by Crippen LogP contribution is -2.49. The maximum Gasteiger partial charge on any atom is 0.255 e. The lowest BCUT2D eigenvalue weighted by molar-refractivity contribution is 0.0745. The molecular weight excluding hydrogens is 368 g/mol. The third-order valence-corrected chi connectivity index (χ3v) is 5.53. The summed E-state index contributed by atoms with van der Waals surface area (Å²) in [6.07, 6.45) is 11.0. The summed E-state index contributed by atoms with van der Waals surface area (Å²) >= 11 is 0. The number of hydrogen-bond donors (Lipinski definition) is 0. The second-order valence-electron chi connectivity index (χ2n) is 7.50. The van der Waals surface area contributed by atoms with Crippen LogP contribution < -0.4 is 4.90 Å². The molecule has 29 heavy (non-hydrogen) atoms. The van der Waals surface area contributed by atoms with Gasteiger partial charge in [0.25, 0.3) is 11.8 Å². The first kappa shape index (κ1) is 19.3. The van der Waals surface area contributed by atoms with E-state index in [1.54, 1.807) is 41.8 Å². The summed E-state index contributed by atoms with van der Waals surface area (Å²) in [4.78, 5) is 44.3. The lowest BCUT2D eigenvalue weighted by atomic mass is 10.1. The number of carbonyl (C=O) groups excluding carboxylic acids is 2. The SMILES string of the molecule is O=C(c1cncc(C(=O)N2CCN(c3ncccn3)CC2)c1)N1CCCCCC1. The van der Waals surface area contributed by atoms with E-state index in [1.165, 1.54) is 12.8 Å². The van der Waals surface area contributed by atoms with E-state index in [0.717, 1.165) is 25.9 Å². The summed E-state index contributed by atoms with van der Waals surface area (Å²) in [6.45, 7) is 4.08. The van der Waals surface area contributed by atoms with Crippen LogP contribution in [0, 0.1) is 0 Å². The Morgan fingerprint density at radius 3 is 1.86 bits per heavy atom. The molecule has 0 aromatic carbocycles. The first-order valence-corrected chi connectivity index (χ1v) is 10.3. The molecule has 2 aromatic rings. The minimum Gasteiger partial charge on any atom is -0.339 e. The molecule has 0 unspecified atom stereocenters. The highest BCUT2D eigenvalue weighted by Gasteiger charge is 2.25. The molecule has 8 nitrogen and oxygen atoms in total. The number of anilines is 1. The maximum absolute atomic E-state index is 13.0. The molecule has 2 aliphatic rings. The Kier molecular flexibility index (Phi) is 5.97. The highest BCUT2D eigenvalue weighted by Crippen LogP contribution is 2.16. The largest absolute Gasteiger partial charge is 0.339 e. The first-order valence-electron chi connectivity index (χ1n) is 10.3. The first-order chi connectivity index (χ1) is 14.2. The molecule has 0 bridgehead atoms. The fraction of sp³-hybridized carbons (Fsp3) is 0.476. The molecule has 0 spiro atoms. The molecular formula is C21H26N6O2. The van der Waals surface area contributed by atoms with Crippen molar-refractivity contribution in [1.82, 2.24) is 24.8 Å². The Morgan fingerprint density at radius 2 is 1.28 bits per heavy atom. The molecule has 2 saturated heterocycles. The van der Waals surface area contributed by atoms with Gasteiger partial charge in [0.05, 0.1) is 11.1 Å². The molecule has 4 heterocycles. The average Bonchev–Trinajstić information content (AvgIpc) is 3.08. The Bertz CT molecular complexity index is 843. The zero-order valence-corrected chi connectivity index (χ0v) is 16.5. The van der Waals surface area contributed by atoms with Gasteiger partial charge in [0.2, 0.25) is 5.95 Å². The van der Waals surface area contributed by atoms with Gasteiger partial charge in [0, 0.05) is 64.1 Å². The Hall–Kier alpha value is -3.03. The van der Waals surface area contributed by atoms with Crippen LogP contribution >= 0.6 is 0 Å². The molecule has 152 valence electrons. The van der Waals surface area contributed by atoms with Gasteiger partial charge in [0.1, 0.15) is 0 Å². The second kappa shape index (κ2) is 8.98. The van der Waals surface area contributed by atoms with E-state index in [-0.39, 0.29) is 11.8 Å². The summed E-state index contributed by atoms with van der Waals surface area (Å²) < 4.78 is 0. The third kappa shape index (κ3) is 4.52. The number of pyridine rings is 1. The average molecular weight is 394 g/mol. The predicted octanol–water partition coefficient (Wildman–Crippen LogP) is 1.85. The van der Waals surface area contributed by atoms with Crippen molar-refractivity contribution in [2.75, 3.05) is 44.2 Å². The van der Waals surface area contributed by atoms with E-state index in [4.69, 9.17) is 0 Å². The van der Waals surface area contributed by atoms with Crippen LogP contribution in [0.15, 0.2) is 36.9 Å². The number of amides is 2. The van der Waals surface area contributed by atoms with Crippen LogP contribution in [0.1, 0.15) is 46.4 Å². The normalized spacial score (nSPS) is 17.7. The molecule has 2 aliphatic heterocycles. The minimum absolute atomic E-state index is 0.0277. The standard InChI is InChI=1S/C21H26N6O2/c28-19(25-8-3-1-2-4-9-25)17-14-18(16-22-15-17)20(29)26-10-12-27(13-11-26)21-23-6-5-7-24-21/h5-7,14-16H,1-4,8-13H2. The van der Waals surface area contributed by atoms with Gasteiger partial charge < -0.3 is 14.7 Å². The van der Waals surface area contributed by atoms with Gasteiger partial charge in [-0.2, -0.15) is 0 Å². The Morgan fingerprint density at radius 1 is 0.724 bits per heavy atom. The van der Waals surface area contributed by atoms with Crippen molar-refractivity contribution in [3.05, 3.63) is 48.0 Å². The third-order valence-electron chi connectivity index (χ3n) is 5.53. The number of piperazine rings is 1. The van der Waals surface area contributed by atoms with Gasteiger partial charge in [-0.1, -0.05) is 12.8 Å². The van der Waals surface area contributed by atoms with Crippen molar-refractivity contribution >= 4 is 17.8 Å². The molecule has 2 amide bonds. The number of nitrogens with zero attached hydrogens (tertiary/aromatic N) is 6. The molecule has 0 radical (unpaired) electrons. The van der Waals surface area contributed by atoms with Gasteiger partial charge in [0.15, 0.2) is 0 Å². The van der Waals surface area contributed by atoms with Crippen molar-refractivity contribution in [3.63, 3.8) is 0 Å². The molecule has 0 aliphatic carbocycles. The molecule has 4 rings (SSSR count). The van der Waals surface area contributed by atoms with Crippen LogP contribution in [0.4, 0.5) is 5.95 Å². The highest BCUT2D eigenvalue weighted by atomic mass is 16.2. The quantitative estimate of drug-likeness (QED) is 0.790. The zero-order chi connectivity index (χ0) is 20.1. The molecule has 8 heteroatoms. The van der Waals surface area contributed by atoms with Gasteiger partial charge in [-0.05, 0) is 25.0 Å². The number of likely N-dealkylation sites (tertiary alicyclic amines) is 1. The minimum atomic E-state index is -0.0864. The number of aromatic nitrogens is 3. The smallest absolute Gasteiger partial charge is 0.255 e. The Balaban J connectivity index is 1.40. The number of hydrogen-bond acceptors (Lipinski definition) is 6. The van der Waals surface area contributed by atoms with Crippen molar-refractivity contribution in [2.24, 2.45) is 0 Å². The summed E-state index contributed by atoms with van der Waals surface area (Å²) in [5.41, 5.74) is 0.962. The summed E-state index contributed by atoms with van der Waals surface area (Å²) in [5.74, 6) is 0.572. The summed E-state index contributed by atoms with van der Waals surface area (Å²) in [7, 11) is 0. The van der Waals surface area contributed by atoms with Crippen LogP contribution in [0.25, 0.3) is 0 Å². The van der Waals surface area contributed by atoms with Crippen LogP contribution in [-0.4, -0.2) is 75.8 Å². The van der Waals surface area contributed by atoms with Crippen LogP contribution in [0.3, 0.4) is 0 Å². The second-order valence-corrected chi connectivity index (χ2v) is 7.50. The molecule has 2 aromatic heterocycles. The van der Waals surface area contributed by atoms with Gasteiger partial charge in [-0.3, -0.25) is 14.6 Å². The fourth-order valence-electron chi connectivity index (χ4n) is 3.88. The maximum atomic E-state index is 13.0. The van der Waals surface area contributed by atoms with Crippen LogP contribution in [-0.2, 0) is 0 Å². The zero-order valence-electron chi connectivity index (χ0n) is 16.5. The van der Waals surface area contributed by atoms with Crippen LogP contribution in [0.5, 0.6) is 0 Å². The molecule has 0 N–H and O–H groups in total. The summed E-state index contributed by atoms with van der Waals surface area (Å²) in [5, 5.41) is 0. The van der Waals surface area contributed by atoms with Crippen LogP contribution in [0.2, 0.25) is 0 Å². The van der Waals surface area contributed by atoms with E-state index >= 15 is 0 Å². The van der Waals surface area contributed by atoms with E-state index < -0.39 is 0 Å². The van der Waals surface area contributed by atoms with Gasteiger partial charge in [-0.15, -0.1) is 0 Å². The van der Waals surface area contributed by atoms with Crippen molar-refractivity contribution in [3.8, 4) is 0 Å². The van der Waals surface area contributed by atoms with Gasteiger partial charge >= 0.3 is 0 Å². The molecule has 2 fully saturated rings. The topological polar surface area (TPSA) is 82.5 Å².